The van der Waals surface area contributed by atoms with E-state index >= 15 is 0 Å². The Morgan fingerprint density at radius 1 is 1.15 bits per heavy atom. The number of hydrogen-bond donors (Lipinski definition) is 4. The van der Waals surface area contributed by atoms with Crippen molar-refractivity contribution in [1.29, 1.82) is 0 Å². The lowest BCUT2D eigenvalue weighted by Gasteiger charge is -2.22. The number of carbonyl (C=O) groups is 2. The van der Waals surface area contributed by atoms with Crippen LogP contribution in [0.15, 0.2) is 56.6 Å². The van der Waals surface area contributed by atoms with Crippen LogP contribution in [0.3, 0.4) is 0 Å². The summed E-state index contributed by atoms with van der Waals surface area (Å²) in [6.07, 6.45) is 6.83. The van der Waals surface area contributed by atoms with Crippen LogP contribution in [0.2, 0.25) is 0 Å². The summed E-state index contributed by atoms with van der Waals surface area (Å²) in [5.41, 5.74) is 0.941. The first kappa shape index (κ1) is 31.0. The van der Waals surface area contributed by atoms with Crippen molar-refractivity contribution < 1.29 is 34.1 Å². The standard InChI is InChI=1S/C31H36O8S/c1-4-6-11-24(33)21(23-15-19(40)16-27-29(23)25(34)17-28(39-27)31(36)37)10-7-8-14-38-26-13-12-20(18(3)32)30(35)22(26)9-5-2/h7,10,12-13,15-17,21,24,33,35,40H,4-6,8-9,11,14H2,1-3H3,(H,36,37)/t21-,24+/m0/s1. The number of Topliss-reactive ketones (excluding diaryl/α,β-unsaturated/α-hetero) is 1. The first-order valence-corrected chi connectivity index (χ1v) is 13.9. The Morgan fingerprint density at radius 3 is 2.55 bits per heavy atom. The molecule has 1 aromatic heterocycles. The third-order valence-corrected chi connectivity index (χ3v) is 6.95. The molecule has 1 heterocycles. The first-order valence-electron chi connectivity index (χ1n) is 13.5. The lowest BCUT2D eigenvalue weighted by atomic mass is 9.87. The number of phenolic OH excluding ortho intramolecular Hbond substituents is 1. The summed E-state index contributed by atoms with van der Waals surface area (Å²) in [4.78, 5) is 36.7. The Kier molecular flexibility index (Phi) is 11.0. The minimum Gasteiger partial charge on any atom is -0.507 e. The lowest BCUT2D eigenvalue weighted by molar-refractivity contribution is 0.0662. The summed E-state index contributed by atoms with van der Waals surface area (Å²) in [5, 5.41) is 31.2. The van der Waals surface area contributed by atoms with E-state index in [9.17, 15) is 29.7 Å². The van der Waals surface area contributed by atoms with Gasteiger partial charge in [0.2, 0.25) is 5.76 Å². The zero-order valence-electron chi connectivity index (χ0n) is 23.0. The molecule has 2 aromatic carbocycles. The fourth-order valence-corrected chi connectivity index (χ4v) is 4.97. The molecule has 40 heavy (non-hydrogen) atoms. The van der Waals surface area contributed by atoms with Gasteiger partial charge in [-0.3, -0.25) is 9.59 Å². The van der Waals surface area contributed by atoms with Crippen LogP contribution in [0.25, 0.3) is 11.0 Å². The molecule has 0 unspecified atom stereocenters. The molecule has 0 bridgehead atoms. The Balaban J connectivity index is 1.89. The SMILES string of the molecule is CCCC[C@@H](O)[C@@H](C=CCCOc1ccc(C(C)=O)c(O)c1CCC)c1cc(S)cc2oc(C(=O)O)cc(=O)c12. The van der Waals surface area contributed by atoms with Crippen molar-refractivity contribution in [3.05, 3.63) is 75.2 Å². The molecule has 2 atom stereocenters. The van der Waals surface area contributed by atoms with Gasteiger partial charge < -0.3 is 24.5 Å². The summed E-state index contributed by atoms with van der Waals surface area (Å²) in [6.45, 7) is 5.68. The maximum absolute atomic E-state index is 13.0. The highest BCUT2D eigenvalue weighted by Crippen LogP contribution is 2.34. The molecule has 0 aliphatic heterocycles. The van der Waals surface area contributed by atoms with E-state index < -0.39 is 29.2 Å². The molecule has 0 aliphatic rings. The molecule has 0 spiro atoms. The lowest BCUT2D eigenvalue weighted by Crippen LogP contribution is -2.19. The molecule has 8 nitrogen and oxygen atoms in total. The highest BCUT2D eigenvalue weighted by Gasteiger charge is 2.24. The topological polar surface area (TPSA) is 134 Å². The van der Waals surface area contributed by atoms with Crippen molar-refractivity contribution in [3.63, 3.8) is 0 Å². The van der Waals surface area contributed by atoms with Crippen LogP contribution >= 0.6 is 12.6 Å². The molecule has 0 aliphatic carbocycles. The number of fused-ring (bicyclic) bond motifs is 1. The minimum atomic E-state index is -1.35. The average Bonchev–Trinajstić information content (AvgIpc) is 2.90. The van der Waals surface area contributed by atoms with Crippen LogP contribution in [0.4, 0.5) is 0 Å². The number of aliphatic hydroxyl groups is 1. The maximum atomic E-state index is 13.0. The number of ether oxygens (including phenoxy) is 1. The number of carboxylic acid groups (broad SMARTS) is 1. The number of aliphatic hydroxyl groups excluding tert-OH is 1. The normalized spacial score (nSPS) is 13.0. The molecule has 0 amide bonds. The van der Waals surface area contributed by atoms with Crippen LogP contribution in [-0.2, 0) is 6.42 Å². The molecule has 9 heteroatoms. The summed E-state index contributed by atoms with van der Waals surface area (Å²) < 4.78 is 11.4. The Hall–Kier alpha value is -3.56. The van der Waals surface area contributed by atoms with Gasteiger partial charge >= 0.3 is 5.97 Å². The molecular weight excluding hydrogens is 532 g/mol. The second-order valence-electron chi connectivity index (χ2n) is 9.73. The number of hydrogen-bond acceptors (Lipinski definition) is 8. The molecule has 3 N–H and O–H groups in total. The van der Waals surface area contributed by atoms with Gasteiger partial charge in [-0.05, 0) is 56.0 Å². The molecule has 3 rings (SSSR count). The first-order chi connectivity index (χ1) is 19.1. The van der Waals surface area contributed by atoms with Crippen LogP contribution in [0.5, 0.6) is 11.5 Å². The smallest absolute Gasteiger partial charge is 0.371 e. The number of ketones is 1. The number of carboxylic acids is 1. The Labute approximate surface area is 238 Å². The van der Waals surface area contributed by atoms with Crippen molar-refractivity contribution in [2.24, 2.45) is 0 Å². The van der Waals surface area contributed by atoms with Crippen molar-refractivity contribution >= 4 is 35.4 Å². The van der Waals surface area contributed by atoms with Gasteiger partial charge in [0.15, 0.2) is 11.2 Å². The zero-order chi connectivity index (χ0) is 29.4. The molecule has 0 radical (unpaired) electrons. The van der Waals surface area contributed by atoms with E-state index in [1.165, 1.54) is 13.0 Å². The highest BCUT2D eigenvalue weighted by molar-refractivity contribution is 7.80. The predicted octanol–water partition coefficient (Wildman–Crippen LogP) is 6.30. The fourth-order valence-electron chi connectivity index (χ4n) is 4.71. The van der Waals surface area contributed by atoms with E-state index in [1.54, 1.807) is 18.2 Å². The number of benzene rings is 2. The summed E-state index contributed by atoms with van der Waals surface area (Å²) in [5.74, 6) is -2.15. The second-order valence-corrected chi connectivity index (χ2v) is 10.2. The molecule has 0 saturated carbocycles. The highest BCUT2D eigenvalue weighted by atomic mass is 32.1. The largest absolute Gasteiger partial charge is 0.507 e. The van der Waals surface area contributed by atoms with Crippen LogP contribution in [0.1, 0.15) is 90.8 Å². The Bertz CT molecular complexity index is 1460. The summed E-state index contributed by atoms with van der Waals surface area (Å²) in [6, 6.07) is 7.37. The number of unbranched alkanes of at least 4 members (excludes halogenated alkanes) is 1. The van der Waals surface area contributed by atoms with E-state index in [-0.39, 0.29) is 34.7 Å². The second kappa shape index (κ2) is 14.2. The van der Waals surface area contributed by atoms with Gasteiger partial charge in [0, 0.05) is 22.4 Å². The van der Waals surface area contributed by atoms with E-state index in [1.807, 2.05) is 26.0 Å². The number of rotatable bonds is 14. The van der Waals surface area contributed by atoms with E-state index in [0.717, 1.165) is 25.3 Å². The Morgan fingerprint density at radius 2 is 1.90 bits per heavy atom. The van der Waals surface area contributed by atoms with Gasteiger partial charge in [-0.25, -0.2) is 4.79 Å². The zero-order valence-corrected chi connectivity index (χ0v) is 23.9. The average molecular weight is 569 g/mol. The number of carbonyl (C=O) groups excluding carboxylic acids is 1. The fraction of sp³-hybridized carbons (Fsp3) is 0.387. The monoisotopic (exact) mass is 568 g/mol. The maximum Gasteiger partial charge on any atom is 0.371 e. The number of thiol groups is 1. The van der Waals surface area contributed by atoms with Crippen LogP contribution in [0, 0.1) is 0 Å². The summed E-state index contributed by atoms with van der Waals surface area (Å²) >= 11 is 4.43. The van der Waals surface area contributed by atoms with Crippen molar-refractivity contribution in [2.75, 3.05) is 6.61 Å². The van der Waals surface area contributed by atoms with Crippen LogP contribution < -0.4 is 10.2 Å². The molecular formula is C31H36O8S. The quantitative estimate of drug-likeness (QED) is 0.0770. The van der Waals surface area contributed by atoms with Gasteiger partial charge in [-0.15, -0.1) is 12.6 Å². The third-order valence-electron chi connectivity index (χ3n) is 6.69. The van der Waals surface area contributed by atoms with Gasteiger partial charge in [0.05, 0.1) is 23.7 Å². The molecule has 3 aromatic rings. The van der Waals surface area contributed by atoms with Crippen molar-refractivity contribution in [3.8, 4) is 11.5 Å². The number of aromatic carboxylic acids is 1. The van der Waals surface area contributed by atoms with E-state index in [2.05, 4.69) is 12.6 Å². The van der Waals surface area contributed by atoms with E-state index in [0.29, 0.717) is 41.0 Å². The summed E-state index contributed by atoms with van der Waals surface area (Å²) in [7, 11) is 0. The minimum absolute atomic E-state index is 0.0510. The molecule has 214 valence electrons. The van der Waals surface area contributed by atoms with Gasteiger partial charge in [-0.1, -0.05) is 45.3 Å². The van der Waals surface area contributed by atoms with Gasteiger partial charge in [-0.2, -0.15) is 0 Å². The number of phenols is 1. The van der Waals surface area contributed by atoms with Crippen molar-refractivity contribution in [1.82, 2.24) is 0 Å². The van der Waals surface area contributed by atoms with Gasteiger partial charge in [0.1, 0.15) is 17.1 Å². The predicted molar refractivity (Wildman–Crippen MR) is 156 cm³/mol. The molecule has 0 saturated heterocycles. The third kappa shape index (κ3) is 7.34. The number of aromatic hydroxyl groups is 1. The van der Waals surface area contributed by atoms with Crippen molar-refractivity contribution in [2.45, 2.75) is 76.2 Å². The molecule has 0 fully saturated rings. The van der Waals surface area contributed by atoms with E-state index in [4.69, 9.17) is 9.15 Å². The van der Waals surface area contributed by atoms with Crippen LogP contribution in [-0.4, -0.2) is 39.8 Å². The van der Waals surface area contributed by atoms with Gasteiger partial charge in [0.25, 0.3) is 0 Å².